The molecule has 0 radical (unpaired) electrons. The van der Waals surface area contributed by atoms with Crippen molar-refractivity contribution in [2.24, 2.45) is 11.5 Å². The Bertz CT molecular complexity index is 2030. The van der Waals surface area contributed by atoms with Crippen LogP contribution in [0, 0.1) is 5.41 Å². The minimum atomic E-state index is -1.26. The number of hydrogen-bond donors (Lipinski definition) is 13. The predicted octanol–water partition coefficient (Wildman–Crippen LogP) is -0.641. The lowest BCUT2D eigenvalue weighted by Gasteiger charge is -2.27. The zero-order valence-electron chi connectivity index (χ0n) is 32.3. The smallest absolute Gasteiger partial charge is 0.303 e. The van der Waals surface area contributed by atoms with Crippen molar-refractivity contribution in [3.63, 3.8) is 0 Å². The summed E-state index contributed by atoms with van der Waals surface area (Å²) in [5.74, 6) is -4.64. The minimum Gasteiger partial charge on any atom is -0.481 e. The van der Waals surface area contributed by atoms with Crippen LogP contribution in [0.25, 0.3) is 10.9 Å². The Morgan fingerprint density at radius 2 is 1.36 bits per heavy atom. The van der Waals surface area contributed by atoms with Crippen LogP contribution in [-0.4, -0.2) is 111 Å². The van der Waals surface area contributed by atoms with Gasteiger partial charge in [-0.2, -0.15) is 12.6 Å². The molecule has 19 nitrogen and oxygen atoms in total. The quantitative estimate of drug-likeness (QED) is 0.0182. The van der Waals surface area contributed by atoms with Crippen molar-refractivity contribution in [3.05, 3.63) is 90.1 Å². The molecule has 0 saturated heterocycles. The molecule has 0 aliphatic heterocycles. The van der Waals surface area contributed by atoms with Crippen LogP contribution in [0.3, 0.4) is 0 Å². The van der Waals surface area contributed by atoms with Crippen LogP contribution in [-0.2, 0) is 48.0 Å². The van der Waals surface area contributed by atoms with Gasteiger partial charge in [0.05, 0.1) is 18.1 Å². The average Bonchev–Trinajstić information content (AvgIpc) is 3.89. The molecule has 0 unspecified atom stereocenters. The number of carboxylic acid groups (broad SMARTS) is 1. The molecule has 4 aromatic rings. The van der Waals surface area contributed by atoms with Gasteiger partial charge in [0.15, 0.2) is 5.96 Å². The summed E-state index contributed by atoms with van der Waals surface area (Å²) in [5.41, 5.74) is 14.0. The maximum absolute atomic E-state index is 14.3. The van der Waals surface area contributed by atoms with Crippen LogP contribution in [0.2, 0.25) is 0 Å². The molecule has 5 atom stereocenters. The lowest BCUT2D eigenvalue weighted by molar-refractivity contribution is -0.137. The van der Waals surface area contributed by atoms with E-state index in [1.165, 1.54) is 6.33 Å². The number of aromatic nitrogens is 3. The van der Waals surface area contributed by atoms with E-state index in [0.717, 1.165) is 16.5 Å². The van der Waals surface area contributed by atoms with Crippen LogP contribution in [0.1, 0.15) is 42.5 Å². The van der Waals surface area contributed by atoms with Crippen molar-refractivity contribution >= 4 is 65.0 Å². The summed E-state index contributed by atoms with van der Waals surface area (Å²) >= 11 is 4.08. The number of carbonyl (C=O) groups excluding carboxylic acids is 5. The number of benzene rings is 2. The summed E-state index contributed by atoms with van der Waals surface area (Å²) in [5, 5.41) is 33.7. The monoisotopic (exact) mass is 832 g/mol. The number of thiol groups is 1. The van der Waals surface area contributed by atoms with Gasteiger partial charge in [-0.15, -0.1) is 0 Å². The Hall–Kier alpha value is -6.41. The summed E-state index contributed by atoms with van der Waals surface area (Å²) in [4.78, 5) is 90.0. The number of rotatable bonds is 24. The summed E-state index contributed by atoms with van der Waals surface area (Å²) in [7, 11) is 0. The van der Waals surface area contributed by atoms with Crippen LogP contribution < -0.4 is 43.4 Å². The molecule has 2 aromatic carbocycles. The molecular formula is C39H52N12O7S. The largest absolute Gasteiger partial charge is 0.481 e. The van der Waals surface area contributed by atoms with Crippen LogP contribution >= 0.6 is 12.6 Å². The molecule has 316 valence electrons. The van der Waals surface area contributed by atoms with Crippen molar-refractivity contribution in [3.8, 4) is 0 Å². The first-order chi connectivity index (χ1) is 28.3. The Balaban J connectivity index is 1.60. The highest BCUT2D eigenvalue weighted by Gasteiger charge is 2.32. The summed E-state index contributed by atoms with van der Waals surface area (Å²) in [6.45, 7) is 0.232. The third-order valence-electron chi connectivity index (χ3n) is 9.27. The predicted molar refractivity (Wildman–Crippen MR) is 223 cm³/mol. The van der Waals surface area contributed by atoms with E-state index >= 15 is 0 Å². The van der Waals surface area contributed by atoms with Crippen molar-refractivity contribution in [1.29, 1.82) is 5.41 Å². The second-order valence-electron chi connectivity index (χ2n) is 13.8. The van der Waals surface area contributed by atoms with E-state index in [-0.39, 0.29) is 69.7 Å². The average molecular weight is 833 g/mol. The van der Waals surface area contributed by atoms with Gasteiger partial charge in [-0.25, -0.2) is 4.98 Å². The van der Waals surface area contributed by atoms with Crippen molar-refractivity contribution in [2.75, 3.05) is 18.8 Å². The van der Waals surface area contributed by atoms with E-state index in [2.05, 4.69) is 59.5 Å². The molecular weight excluding hydrogens is 781 g/mol. The van der Waals surface area contributed by atoms with Gasteiger partial charge in [0.2, 0.25) is 29.5 Å². The Morgan fingerprint density at radius 3 is 2.02 bits per heavy atom. The van der Waals surface area contributed by atoms with Crippen molar-refractivity contribution in [2.45, 2.75) is 75.2 Å². The molecule has 59 heavy (non-hydrogen) atoms. The van der Waals surface area contributed by atoms with Gasteiger partial charge in [-0.1, -0.05) is 48.5 Å². The maximum atomic E-state index is 14.3. The van der Waals surface area contributed by atoms with Crippen LogP contribution in [0.4, 0.5) is 0 Å². The molecule has 0 fully saturated rings. The molecule has 2 heterocycles. The highest BCUT2D eigenvalue weighted by molar-refractivity contribution is 7.80. The van der Waals surface area contributed by atoms with Gasteiger partial charge in [-0.3, -0.25) is 34.2 Å². The fraction of sp³-hybridized carbons (Fsp3) is 0.385. The SMILES string of the molecule is N=C(N)NCCC[C@H](NC(=O)[C@@H](Cc1ccccc1)NC(=O)[C@H](Cc1c[nH]cn1)NC(=O)[C@@H](N)CS)C(=O)N[C@@H](Cc1c[nH]c2ccccc12)C(=O)NCCCC(=O)O. The van der Waals surface area contributed by atoms with Gasteiger partial charge >= 0.3 is 5.97 Å². The number of amides is 5. The molecule has 14 N–H and O–H groups in total. The highest BCUT2D eigenvalue weighted by Crippen LogP contribution is 2.19. The van der Waals surface area contributed by atoms with Gasteiger partial charge < -0.3 is 58.4 Å². The number of H-pyrrole nitrogens is 2. The first kappa shape index (κ1) is 45.3. The molecule has 0 spiro atoms. The van der Waals surface area contributed by atoms with Gasteiger partial charge in [0, 0.05) is 67.8 Å². The van der Waals surface area contributed by atoms with Crippen molar-refractivity contribution in [1.82, 2.24) is 46.9 Å². The van der Waals surface area contributed by atoms with Gasteiger partial charge in [0.25, 0.3) is 0 Å². The number of nitrogens with one attached hydrogen (secondary N) is 9. The second-order valence-corrected chi connectivity index (χ2v) is 14.2. The molecule has 5 amide bonds. The third kappa shape index (κ3) is 14.8. The summed E-state index contributed by atoms with van der Waals surface area (Å²) < 4.78 is 0. The molecule has 2 aromatic heterocycles. The third-order valence-corrected chi connectivity index (χ3v) is 9.66. The molecule has 4 rings (SSSR count). The van der Waals surface area contributed by atoms with Crippen LogP contribution in [0.5, 0.6) is 0 Å². The van der Waals surface area contributed by atoms with Gasteiger partial charge in [0.1, 0.15) is 24.2 Å². The lowest BCUT2D eigenvalue weighted by Crippen LogP contribution is -2.60. The minimum absolute atomic E-state index is 0.000191. The van der Waals surface area contributed by atoms with E-state index in [0.29, 0.717) is 11.3 Å². The van der Waals surface area contributed by atoms with Gasteiger partial charge in [-0.05, 0) is 36.5 Å². The number of aromatic amines is 2. The Kier molecular flexibility index (Phi) is 17.7. The number of nitrogens with zero attached hydrogens (tertiary/aromatic N) is 1. The summed E-state index contributed by atoms with van der Waals surface area (Å²) in [6, 6.07) is 10.4. The molecule has 0 aliphatic rings. The number of para-hydroxylation sites is 1. The first-order valence-electron chi connectivity index (χ1n) is 19.1. The van der Waals surface area contributed by atoms with E-state index < -0.39 is 65.7 Å². The van der Waals surface area contributed by atoms with E-state index in [1.807, 2.05) is 24.3 Å². The van der Waals surface area contributed by atoms with E-state index in [1.54, 1.807) is 42.7 Å². The molecule has 0 saturated carbocycles. The lowest BCUT2D eigenvalue weighted by atomic mass is 10.0. The molecule has 20 heteroatoms. The van der Waals surface area contributed by atoms with Crippen molar-refractivity contribution < 1.29 is 33.9 Å². The first-order valence-corrected chi connectivity index (χ1v) is 19.7. The number of carbonyl (C=O) groups is 6. The zero-order valence-corrected chi connectivity index (χ0v) is 33.2. The number of aliphatic carboxylic acids is 1. The standard InChI is InChI=1S/C39H52N12O7S/c40-27(21-59)34(54)49-32(18-25-20-43-22-47-25)38(58)50-30(16-23-8-2-1-3-9-23)37(57)48-29(12-6-15-45-39(41)42)36(56)51-31(35(55)44-14-7-13-33(52)53)17-24-19-46-28-11-5-4-10-26(24)28/h1-5,8-11,19-20,22,27,29-32,46,59H,6-7,12-18,21,40H2,(H,43,47)(H,44,55)(H,48,57)(H,49,54)(H,50,58)(H,51,56)(H,52,53)(H4,41,42,45)/t27-,29-,30+,31-,32-/m0/s1. The number of nitrogens with two attached hydrogens (primary N) is 2. The summed E-state index contributed by atoms with van der Waals surface area (Å²) in [6.07, 6.45) is 5.02. The number of carboxylic acids is 1. The van der Waals surface area contributed by atoms with E-state index in [4.69, 9.17) is 22.0 Å². The Morgan fingerprint density at radius 1 is 0.746 bits per heavy atom. The second kappa shape index (κ2) is 23.1. The molecule has 0 aliphatic carbocycles. The topological polar surface area (TPSA) is 315 Å². The molecule has 0 bridgehead atoms. The fourth-order valence-electron chi connectivity index (χ4n) is 6.16. The zero-order chi connectivity index (χ0) is 42.7. The fourth-order valence-corrected chi connectivity index (χ4v) is 6.33. The number of hydrogen-bond acceptors (Lipinski definition) is 10. The number of guanidine groups is 1. The normalized spacial score (nSPS) is 13.5. The number of fused-ring (bicyclic) bond motifs is 1. The highest BCUT2D eigenvalue weighted by atomic mass is 32.1. The maximum Gasteiger partial charge on any atom is 0.303 e. The number of imidazole rings is 1. The van der Waals surface area contributed by atoms with Crippen LogP contribution in [0.15, 0.2) is 73.3 Å². The Labute approximate surface area is 345 Å². The van der Waals surface area contributed by atoms with E-state index in [9.17, 15) is 28.8 Å².